The van der Waals surface area contributed by atoms with Crippen LogP contribution in [0.15, 0.2) is 18.2 Å². The van der Waals surface area contributed by atoms with Gasteiger partial charge in [-0.05, 0) is 44.2 Å². The minimum Gasteiger partial charge on any atom is -0.287 e. The van der Waals surface area contributed by atoms with Crippen LogP contribution in [-0.2, 0) is 18.1 Å². The summed E-state index contributed by atoms with van der Waals surface area (Å²) in [6.45, 7) is 8.41. The lowest BCUT2D eigenvalue weighted by atomic mass is 9.81. The van der Waals surface area contributed by atoms with E-state index in [4.69, 9.17) is 13.6 Å². The molecule has 0 N–H and O–H groups in total. The van der Waals surface area contributed by atoms with Crippen LogP contribution in [0.5, 0.6) is 0 Å². The third-order valence-corrected chi connectivity index (χ3v) is 6.29. The third kappa shape index (κ3) is 4.01. The molecule has 0 fully saturated rings. The van der Waals surface area contributed by atoms with Crippen molar-refractivity contribution in [2.45, 2.75) is 51.0 Å². The molecule has 3 atom stereocenters. The Balaban J connectivity index is 2.34. The number of rotatable bonds is 6. The van der Waals surface area contributed by atoms with Crippen LogP contribution in [0.2, 0.25) is 0 Å². The maximum atomic E-state index is 12.7. The molecule has 1 aliphatic carbocycles. The van der Waals surface area contributed by atoms with E-state index in [2.05, 4.69) is 48.0 Å². The van der Waals surface area contributed by atoms with E-state index in [-0.39, 0.29) is 24.1 Å². The van der Waals surface area contributed by atoms with Gasteiger partial charge in [0.25, 0.3) is 0 Å². The minimum atomic E-state index is -3.54. The lowest BCUT2D eigenvalue weighted by Crippen LogP contribution is -2.25. The topological polar surface area (TPSA) is 44.8 Å². The number of hydrogen-bond donors (Lipinski definition) is 0. The molecule has 0 saturated heterocycles. The molecule has 0 radical (unpaired) electrons. The second kappa shape index (κ2) is 7.59. The fourth-order valence-electron chi connectivity index (χ4n) is 2.84. The summed E-state index contributed by atoms with van der Waals surface area (Å²) in [7, 11) is -3.54. The number of fused-ring (bicyclic) bond motifs is 1. The van der Waals surface area contributed by atoms with Crippen molar-refractivity contribution >= 4 is 23.8 Å². The Bertz CT molecular complexity index is 553. The molecule has 0 bridgehead atoms. The summed E-state index contributed by atoms with van der Waals surface area (Å²) < 4.78 is 29.1. The molecule has 1 aromatic rings. The summed E-state index contributed by atoms with van der Waals surface area (Å²) in [6.07, 6.45) is 0.579. The number of phosphoric ester groups is 1. The van der Waals surface area contributed by atoms with E-state index >= 15 is 0 Å². The van der Waals surface area contributed by atoms with Gasteiger partial charge in [-0.15, -0.1) is 0 Å². The molecule has 1 aliphatic rings. The van der Waals surface area contributed by atoms with E-state index in [1.165, 1.54) is 11.1 Å². The minimum absolute atomic E-state index is 0.0759. The fourth-order valence-corrected chi connectivity index (χ4v) is 5.33. The van der Waals surface area contributed by atoms with E-state index in [0.717, 1.165) is 12.0 Å². The summed E-state index contributed by atoms with van der Waals surface area (Å²) in [4.78, 5) is 0.0759. The molecule has 0 aliphatic heterocycles. The van der Waals surface area contributed by atoms with Crippen molar-refractivity contribution in [3.8, 4) is 0 Å². The van der Waals surface area contributed by atoms with Crippen LogP contribution in [0.4, 0.5) is 0 Å². The van der Waals surface area contributed by atoms with Gasteiger partial charge in [-0.2, -0.15) is 0 Å². The highest BCUT2D eigenvalue weighted by Gasteiger charge is 2.39. The molecule has 0 heterocycles. The van der Waals surface area contributed by atoms with Gasteiger partial charge in [-0.1, -0.05) is 46.6 Å². The van der Waals surface area contributed by atoms with Gasteiger partial charge in [-0.3, -0.25) is 13.6 Å². The summed E-state index contributed by atoms with van der Waals surface area (Å²) in [5.41, 5.74) is 3.53. The van der Waals surface area contributed by atoms with Gasteiger partial charge in [0.1, 0.15) is 6.10 Å². The Morgan fingerprint density at radius 2 is 1.86 bits per heavy atom. The van der Waals surface area contributed by atoms with E-state index < -0.39 is 7.82 Å². The lowest BCUT2D eigenvalue weighted by molar-refractivity contribution is 0.0778. The normalized spacial score (nSPS) is 25.0. The standard InChI is InChI=1S/C16H24BrO4P/c1-5-19-22(18,20-6-2)21-16-13-8-7-11(3)9-14(13)12(4)10-15(16)17/h7-9,12,15-16H,5-6,10H2,1-4H3/t12-,15-,16+/m1/s1. The monoisotopic (exact) mass is 390 g/mol. The zero-order valence-corrected chi connectivity index (χ0v) is 16.0. The molecular formula is C16H24BrO4P. The predicted octanol–water partition coefficient (Wildman–Crippen LogP) is 5.50. The number of alkyl halides is 1. The number of benzene rings is 1. The van der Waals surface area contributed by atoms with Gasteiger partial charge in [0.05, 0.1) is 13.2 Å². The number of phosphoric acid groups is 1. The average molecular weight is 391 g/mol. The molecule has 0 unspecified atom stereocenters. The largest absolute Gasteiger partial charge is 0.475 e. The van der Waals surface area contributed by atoms with Crippen LogP contribution < -0.4 is 0 Å². The Labute approximate surface area is 141 Å². The average Bonchev–Trinajstić information content (AvgIpc) is 2.44. The maximum absolute atomic E-state index is 12.7. The first-order valence-corrected chi connectivity index (χ1v) is 10.1. The van der Waals surface area contributed by atoms with Gasteiger partial charge in [-0.25, -0.2) is 4.57 Å². The van der Waals surface area contributed by atoms with Crippen molar-refractivity contribution in [3.05, 3.63) is 34.9 Å². The Hall–Kier alpha value is -0.190. The summed E-state index contributed by atoms with van der Waals surface area (Å²) in [6, 6.07) is 6.29. The van der Waals surface area contributed by atoms with Gasteiger partial charge in [0, 0.05) is 4.83 Å². The SMILES string of the molecule is CCOP(=O)(OCC)O[C@H]1c2ccc(C)cc2[C@H](C)C[C@H]1Br. The molecule has 6 heteroatoms. The van der Waals surface area contributed by atoms with Crippen LogP contribution in [0.25, 0.3) is 0 Å². The van der Waals surface area contributed by atoms with E-state index in [1.807, 2.05) is 0 Å². The second-order valence-electron chi connectivity index (χ2n) is 5.59. The van der Waals surface area contributed by atoms with Crippen molar-refractivity contribution in [2.24, 2.45) is 0 Å². The number of hydrogen-bond acceptors (Lipinski definition) is 4. The third-order valence-electron chi connectivity index (χ3n) is 3.80. The van der Waals surface area contributed by atoms with Crippen molar-refractivity contribution in [1.82, 2.24) is 0 Å². The highest BCUT2D eigenvalue weighted by atomic mass is 79.9. The smallest absolute Gasteiger partial charge is 0.287 e. The quantitative estimate of drug-likeness (QED) is 0.474. The molecule has 124 valence electrons. The molecular weight excluding hydrogens is 367 g/mol. The summed E-state index contributed by atoms with van der Waals surface area (Å²) in [5, 5.41) is 0. The maximum Gasteiger partial charge on any atom is 0.475 e. The van der Waals surface area contributed by atoms with Crippen LogP contribution in [-0.4, -0.2) is 18.0 Å². The summed E-state index contributed by atoms with van der Waals surface area (Å²) >= 11 is 3.68. The molecule has 0 saturated carbocycles. The zero-order valence-electron chi connectivity index (χ0n) is 13.5. The second-order valence-corrected chi connectivity index (χ2v) is 8.39. The molecule has 2 rings (SSSR count). The molecule has 0 spiro atoms. The van der Waals surface area contributed by atoms with Crippen LogP contribution in [0, 0.1) is 6.92 Å². The van der Waals surface area contributed by atoms with Crippen LogP contribution in [0.1, 0.15) is 55.9 Å². The Morgan fingerprint density at radius 3 is 2.45 bits per heavy atom. The molecule has 0 aromatic heterocycles. The van der Waals surface area contributed by atoms with E-state index in [0.29, 0.717) is 5.92 Å². The fraction of sp³-hybridized carbons (Fsp3) is 0.625. The molecule has 1 aromatic carbocycles. The van der Waals surface area contributed by atoms with Gasteiger partial charge < -0.3 is 0 Å². The van der Waals surface area contributed by atoms with Crippen molar-refractivity contribution in [1.29, 1.82) is 0 Å². The van der Waals surface area contributed by atoms with Gasteiger partial charge in [0.2, 0.25) is 0 Å². The predicted molar refractivity (Wildman–Crippen MR) is 91.6 cm³/mol. The Morgan fingerprint density at radius 1 is 1.23 bits per heavy atom. The molecule has 0 amide bonds. The van der Waals surface area contributed by atoms with Gasteiger partial charge in [0.15, 0.2) is 0 Å². The van der Waals surface area contributed by atoms with Crippen molar-refractivity contribution < 1.29 is 18.1 Å². The highest BCUT2D eigenvalue weighted by molar-refractivity contribution is 9.09. The van der Waals surface area contributed by atoms with E-state index in [9.17, 15) is 4.57 Å². The zero-order chi connectivity index (χ0) is 16.3. The van der Waals surface area contributed by atoms with E-state index in [1.54, 1.807) is 13.8 Å². The first kappa shape index (κ1) is 18.2. The highest BCUT2D eigenvalue weighted by Crippen LogP contribution is 2.56. The van der Waals surface area contributed by atoms with Gasteiger partial charge >= 0.3 is 7.82 Å². The van der Waals surface area contributed by atoms with Crippen molar-refractivity contribution in [3.63, 3.8) is 0 Å². The number of halogens is 1. The van der Waals surface area contributed by atoms with Crippen LogP contribution in [0.3, 0.4) is 0 Å². The number of aryl methyl sites for hydroxylation is 1. The van der Waals surface area contributed by atoms with Crippen LogP contribution >= 0.6 is 23.8 Å². The molecule has 4 nitrogen and oxygen atoms in total. The van der Waals surface area contributed by atoms with Crippen molar-refractivity contribution in [2.75, 3.05) is 13.2 Å². The summed E-state index contributed by atoms with van der Waals surface area (Å²) in [5.74, 6) is 0.428. The first-order valence-electron chi connectivity index (χ1n) is 7.72. The Kier molecular flexibility index (Phi) is 6.26. The lowest BCUT2D eigenvalue weighted by Gasteiger charge is -2.35. The molecule has 22 heavy (non-hydrogen) atoms. The first-order chi connectivity index (χ1) is 10.4.